The molecule has 0 spiro atoms. The molecule has 0 fully saturated rings. The molecule has 0 radical (unpaired) electrons. The number of pyridine rings is 1. The van der Waals surface area contributed by atoms with Crippen molar-refractivity contribution in [1.82, 2.24) is 4.98 Å². The molecule has 0 saturated carbocycles. The van der Waals surface area contributed by atoms with Gasteiger partial charge in [-0.3, -0.25) is 0 Å². The number of halogens is 4. The largest absolute Gasteiger partial charge is 0.507 e. The van der Waals surface area contributed by atoms with E-state index in [2.05, 4.69) is 27.6 Å². The third-order valence-corrected chi connectivity index (χ3v) is 4.33. The lowest BCUT2D eigenvalue weighted by molar-refractivity contribution is -0.137. The number of benzene rings is 2. The van der Waals surface area contributed by atoms with Crippen LogP contribution in [0, 0.1) is 3.57 Å². The SMILES string of the molecule is Oc1nc2ccc(I)cc2c(O)c1Cc1ccc(C(F)(F)F)cc1. The summed E-state index contributed by atoms with van der Waals surface area (Å²) < 4.78 is 38.7. The summed E-state index contributed by atoms with van der Waals surface area (Å²) in [6.07, 6.45) is -4.33. The van der Waals surface area contributed by atoms with E-state index in [1.54, 1.807) is 18.2 Å². The number of hydrogen-bond acceptors (Lipinski definition) is 3. The molecule has 0 bridgehead atoms. The summed E-state index contributed by atoms with van der Waals surface area (Å²) in [4.78, 5) is 4.04. The predicted octanol–water partition coefficient (Wildman–Crippen LogP) is 4.86. The van der Waals surface area contributed by atoms with Crippen LogP contribution in [0.2, 0.25) is 0 Å². The first-order valence-corrected chi connectivity index (χ1v) is 8.00. The number of aromatic hydroxyl groups is 2. The van der Waals surface area contributed by atoms with Crippen molar-refractivity contribution in [1.29, 1.82) is 0 Å². The van der Waals surface area contributed by atoms with Gasteiger partial charge in [-0.2, -0.15) is 13.2 Å². The number of fused-ring (bicyclic) bond motifs is 1. The second kappa shape index (κ2) is 6.12. The highest BCUT2D eigenvalue weighted by atomic mass is 127. The summed E-state index contributed by atoms with van der Waals surface area (Å²) >= 11 is 2.09. The fourth-order valence-corrected chi connectivity index (χ4v) is 2.92. The highest BCUT2D eigenvalue weighted by molar-refractivity contribution is 14.1. The van der Waals surface area contributed by atoms with Crippen LogP contribution in [0.1, 0.15) is 16.7 Å². The van der Waals surface area contributed by atoms with Crippen LogP contribution in [0.15, 0.2) is 42.5 Å². The molecule has 0 atom stereocenters. The molecule has 2 N–H and O–H groups in total. The third-order valence-electron chi connectivity index (χ3n) is 3.66. The number of rotatable bonds is 2. The Bertz CT molecular complexity index is 908. The van der Waals surface area contributed by atoms with E-state index in [0.29, 0.717) is 16.5 Å². The molecule has 1 heterocycles. The fraction of sp³-hybridized carbons (Fsp3) is 0.118. The Morgan fingerprint density at radius 2 is 1.67 bits per heavy atom. The molecule has 0 aliphatic rings. The van der Waals surface area contributed by atoms with Crippen molar-refractivity contribution in [3.63, 3.8) is 0 Å². The van der Waals surface area contributed by atoms with Crippen LogP contribution in [-0.4, -0.2) is 15.2 Å². The molecule has 124 valence electrons. The zero-order valence-corrected chi connectivity index (χ0v) is 14.3. The molecule has 24 heavy (non-hydrogen) atoms. The minimum atomic E-state index is -4.40. The first-order valence-electron chi connectivity index (χ1n) is 6.92. The van der Waals surface area contributed by atoms with E-state index >= 15 is 0 Å². The summed E-state index contributed by atoms with van der Waals surface area (Å²) in [7, 11) is 0. The Labute approximate surface area is 148 Å². The quantitative estimate of drug-likeness (QED) is 0.555. The normalized spacial score (nSPS) is 11.8. The summed E-state index contributed by atoms with van der Waals surface area (Å²) in [6.45, 7) is 0. The van der Waals surface area contributed by atoms with Crippen molar-refractivity contribution in [2.24, 2.45) is 0 Å². The van der Waals surface area contributed by atoms with Gasteiger partial charge in [0.2, 0.25) is 5.88 Å². The monoisotopic (exact) mass is 445 g/mol. The van der Waals surface area contributed by atoms with Crippen molar-refractivity contribution in [2.45, 2.75) is 12.6 Å². The van der Waals surface area contributed by atoms with Crippen LogP contribution in [0.5, 0.6) is 11.6 Å². The van der Waals surface area contributed by atoms with E-state index in [1.807, 2.05) is 0 Å². The molecule has 3 rings (SSSR count). The molecular formula is C17H11F3INO2. The van der Waals surface area contributed by atoms with Crippen LogP contribution in [0.4, 0.5) is 13.2 Å². The van der Waals surface area contributed by atoms with Crippen molar-refractivity contribution in [3.8, 4) is 11.6 Å². The van der Waals surface area contributed by atoms with Gasteiger partial charge >= 0.3 is 6.18 Å². The van der Waals surface area contributed by atoms with Crippen LogP contribution < -0.4 is 0 Å². The molecule has 7 heteroatoms. The Morgan fingerprint density at radius 1 is 1.00 bits per heavy atom. The van der Waals surface area contributed by atoms with Gasteiger partial charge in [0, 0.05) is 15.4 Å². The summed E-state index contributed by atoms with van der Waals surface area (Å²) in [5.74, 6) is -0.447. The predicted molar refractivity (Wildman–Crippen MR) is 92.0 cm³/mol. The molecule has 0 unspecified atom stereocenters. The Kier molecular flexibility index (Phi) is 4.29. The van der Waals surface area contributed by atoms with Gasteiger partial charge in [0.15, 0.2) is 0 Å². The van der Waals surface area contributed by atoms with Crippen LogP contribution in [0.25, 0.3) is 10.9 Å². The molecule has 0 saturated heterocycles. The molecule has 0 aliphatic carbocycles. The lowest BCUT2D eigenvalue weighted by Crippen LogP contribution is -2.04. The minimum absolute atomic E-state index is 0.0736. The van der Waals surface area contributed by atoms with Gasteiger partial charge in [-0.25, -0.2) is 4.98 Å². The average molecular weight is 445 g/mol. The summed E-state index contributed by atoms with van der Waals surface area (Å²) in [6, 6.07) is 9.79. The van der Waals surface area contributed by atoms with Crippen molar-refractivity contribution < 1.29 is 23.4 Å². The smallest absolute Gasteiger partial charge is 0.416 e. The van der Waals surface area contributed by atoms with E-state index in [-0.39, 0.29) is 23.6 Å². The Hall–Kier alpha value is -2.03. The van der Waals surface area contributed by atoms with Gasteiger partial charge in [0.25, 0.3) is 0 Å². The maximum atomic E-state index is 12.6. The molecule has 2 aromatic carbocycles. The van der Waals surface area contributed by atoms with Gasteiger partial charge in [-0.15, -0.1) is 0 Å². The highest BCUT2D eigenvalue weighted by Crippen LogP contribution is 2.36. The molecule has 0 aliphatic heterocycles. The van der Waals surface area contributed by atoms with E-state index in [9.17, 15) is 23.4 Å². The Morgan fingerprint density at radius 3 is 2.29 bits per heavy atom. The number of nitrogens with zero attached hydrogens (tertiary/aromatic N) is 1. The Balaban J connectivity index is 2.01. The van der Waals surface area contributed by atoms with Gasteiger partial charge < -0.3 is 10.2 Å². The van der Waals surface area contributed by atoms with Gasteiger partial charge in [-0.05, 0) is 58.5 Å². The van der Waals surface area contributed by atoms with E-state index in [4.69, 9.17) is 0 Å². The van der Waals surface area contributed by atoms with Gasteiger partial charge in [0.1, 0.15) is 5.75 Å². The average Bonchev–Trinajstić information content (AvgIpc) is 2.52. The summed E-state index contributed by atoms with van der Waals surface area (Å²) in [5.41, 5.74) is 0.414. The van der Waals surface area contributed by atoms with Gasteiger partial charge in [0.05, 0.1) is 16.6 Å². The van der Waals surface area contributed by atoms with Crippen molar-refractivity contribution >= 4 is 33.5 Å². The molecule has 3 aromatic rings. The topological polar surface area (TPSA) is 53.4 Å². The van der Waals surface area contributed by atoms with E-state index in [0.717, 1.165) is 15.7 Å². The van der Waals surface area contributed by atoms with Crippen molar-refractivity contribution in [2.75, 3.05) is 0 Å². The maximum absolute atomic E-state index is 12.6. The van der Waals surface area contributed by atoms with Crippen LogP contribution >= 0.6 is 22.6 Å². The second-order valence-electron chi connectivity index (χ2n) is 5.30. The third kappa shape index (κ3) is 3.26. The minimum Gasteiger partial charge on any atom is -0.507 e. The highest BCUT2D eigenvalue weighted by Gasteiger charge is 2.30. The lowest BCUT2D eigenvalue weighted by Gasteiger charge is -2.11. The zero-order valence-electron chi connectivity index (χ0n) is 12.1. The first kappa shape index (κ1) is 16.8. The molecule has 1 aromatic heterocycles. The molecule has 3 nitrogen and oxygen atoms in total. The molecule has 0 amide bonds. The molecular weight excluding hydrogens is 434 g/mol. The van der Waals surface area contributed by atoms with E-state index in [1.165, 1.54) is 12.1 Å². The number of alkyl halides is 3. The van der Waals surface area contributed by atoms with E-state index < -0.39 is 11.7 Å². The number of aromatic nitrogens is 1. The van der Waals surface area contributed by atoms with Crippen LogP contribution in [0.3, 0.4) is 0 Å². The summed E-state index contributed by atoms with van der Waals surface area (Å²) in [5, 5.41) is 21.0. The standard InChI is InChI=1S/C17H11F3INO2/c18-17(19,20)10-3-1-9(2-4-10)7-13-15(23)12-8-11(21)5-6-14(12)22-16(13)24/h1-6,8H,7H2,(H2,22,23,24). The van der Waals surface area contributed by atoms with Crippen molar-refractivity contribution in [3.05, 3.63) is 62.7 Å². The fourth-order valence-electron chi connectivity index (χ4n) is 2.42. The van der Waals surface area contributed by atoms with Gasteiger partial charge in [-0.1, -0.05) is 12.1 Å². The zero-order chi connectivity index (χ0) is 17.5. The first-order chi connectivity index (χ1) is 11.3. The number of hydrogen-bond donors (Lipinski definition) is 2. The lowest BCUT2D eigenvalue weighted by atomic mass is 10.0. The van der Waals surface area contributed by atoms with Crippen LogP contribution in [-0.2, 0) is 12.6 Å². The maximum Gasteiger partial charge on any atom is 0.416 e. The second-order valence-corrected chi connectivity index (χ2v) is 6.54.